The van der Waals surface area contributed by atoms with Crippen LogP contribution in [0.5, 0.6) is 0 Å². The SMILES string of the molecule is O=C(O)[C@@H](CCOCc1ccccc1)N1CCN(C(=O)OCc2ccccc2)CCC1=O. The van der Waals surface area contributed by atoms with Crippen LogP contribution >= 0.6 is 0 Å². The molecule has 1 N–H and O–H groups in total. The highest BCUT2D eigenvalue weighted by Gasteiger charge is 2.33. The van der Waals surface area contributed by atoms with Crippen LogP contribution in [0.15, 0.2) is 60.7 Å². The highest BCUT2D eigenvalue weighted by Crippen LogP contribution is 2.14. The van der Waals surface area contributed by atoms with E-state index in [9.17, 15) is 19.5 Å². The first kappa shape index (κ1) is 23.3. The largest absolute Gasteiger partial charge is 0.480 e. The number of ether oxygens (including phenoxy) is 2. The molecular weight excluding hydrogens is 412 g/mol. The standard InChI is InChI=1S/C24H28N2O6/c27-22-11-13-25(24(30)32-18-20-9-5-2-6-10-20)14-15-26(22)21(23(28)29)12-16-31-17-19-7-3-1-4-8-19/h1-10,21H,11-18H2,(H,28,29)/t21-/m1/s1. The zero-order chi connectivity index (χ0) is 22.8. The molecule has 2 aromatic rings. The maximum Gasteiger partial charge on any atom is 0.410 e. The van der Waals surface area contributed by atoms with E-state index in [1.165, 1.54) is 9.80 Å². The van der Waals surface area contributed by atoms with E-state index in [1.54, 1.807) is 0 Å². The first-order valence-electron chi connectivity index (χ1n) is 10.6. The summed E-state index contributed by atoms with van der Waals surface area (Å²) in [5, 5.41) is 9.68. The van der Waals surface area contributed by atoms with E-state index in [2.05, 4.69) is 0 Å². The lowest BCUT2D eigenvalue weighted by molar-refractivity contribution is -0.150. The topological polar surface area (TPSA) is 96.4 Å². The molecule has 1 aliphatic heterocycles. The number of amides is 2. The van der Waals surface area contributed by atoms with Gasteiger partial charge in [-0.3, -0.25) is 4.79 Å². The molecule has 2 aromatic carbocycles. The number of carbonyl (C=O) groups excluding carboxylic acids is 2. The average molecular weight is 440 g/mol. The van der Waals surface area contributed by atoms with Crippen molar-refractivity contribution in [3.63, 3.8) is 0 Å². The molecule has 0 unspecified atom stereocenters. The van der Waals surface area contributed by atoms with Gasteiger partial charge in [-0.2, -0.15) is 0 Å². The molecule has 2 amide bonds. The number of carbonyl (C=O) groups is 3. The molecule has 0 bridgehead atoms. The van der Waals surface area contributed by atoms with Crippen molar-refractivity contribution in [2.45, 2.75) is 32.1 Å². The summed E-state index contributed by atoms with van der Waals surface area (Å²) in [5.41, 5.74) is 1.87. The highest BCUT2D eigenvalue weighted by molar-refractivity contribution is 5.84. The fraction of sp³-hybridized carbons (Fsp3) is 0.375. The van der Waals surface area contributed by atoms with Crippen LogP contribution in [0.4, 0.5) is 4.79 Å². The lowest BCUT2D eigenvalue weighted by Gasteiger charge is -2.28. The molecule has 0 spiro atoms. The minimum atomic E-state index is -1.08. The lowest BCUT2D eigenvalue weighted by Crippen LogP contribution is -2.46. The third-order valence-corrected chi connectivity index (χ3v) is 5.30. The summed E-state index contributed by atoms with van der Waals surface area (Å²) in [6, 6.07) is 17.9. The zero-order valence-electron chi connectivity index (χ0n) is 17.9. The first-order valence-corrected chi connectivity index (χ1v) is 10.6. The van der Waals surface area contributed by atoms with E-state index in [1.807, 2.05) is 60.7 Å². The van der Waals surface area contributed by atoms with Crippen LogP contribution in [0.3, 0.4) is 0 Å². The minimum absolute atomic E-state index is 0.0507. The Morgan fingerprint density at radius 3 is 2.16 bits per heavy atom. The van der Waals surface area contributed by atoms with Crippen molar-refractivity contribution in [1.29, 1.82) is 0 Å². The number of nitrogens with zero attached hydrogens (tertiary/aromatic N) is 2. The summed E-state index contributed by atoms with van der Waals surface area (Å²) in [7, 11) is 0. The van der Waals surface area contributed by atoms with Gasteiger partial charge >= 0.3 is 12.1 Å². The predicted molar refractivity (Wildman–Crippen MR) is 117 cm³/mol. The van der Waals surface area contributed by atoms with Crippen LogP contribution in [0.1, 0.15) is 24.0 Å². The van der Waals surface area contributed by atoms with Gasteiger partial charge in [0.1, 0.15) is 12.6 Å². The summed E-state index contributed by atoms with van der Waals surface area (Å²) in [6.07, 6.45) is -0.289. The van der Waals surface area contributed by atoms with Gasteiger partial charge in [0, 0.05) is 39.1 Å². The van der Waals surface area contributed by atoms with Gasteiger partial charge in [0.25, 0.3) is 0 Å². The second-order valence-corrected chi connectivity index (χ2v) is 7.55. The van der Waals surface area contributed by atoms with Crippen molar-refractivity contribution in [3.8, 4) is 0 Å². The van der Waals surface area contributed by atoms with Crippen LogP contribution in [-0.2, 0) is 32.3 Å². The summed E-state index contributed by atoms with van der Waals surface area (Å²) in [4.78, 5) is 39.7. The van der Waals surface area contributed by atoms with Crippen LogP contribution in [0, 0.1) is 0 Å². The fourth-order valence-electron chi connectivity index (χ4n) is 3.53. The predicted octanol–water partition coefficient (Wildman–Crippen LogP) is 2.92. The highest BCUT2D eigenvalue weighted by atomic mass is 16.6. The number of carboxylic acid groups (broad SMARTS) is 1. The lowest BCUT2D eigenvalue weighted by atomic mass is 10.1. The van der Waals surface area contributed by atoms with Crippen molar-refractivity contribution in [2.24, 2.45) is 0 Å². The van der Waals surface area contributed by atoms with E-state index in [0.717, 1.165) is 11.1 Å². The van der Waals surface area contributed by atoms with E-state index in [0.29, 0.717) is 6.61 Å². The average Bonchev–Trinajstić information content (AvgIpc) is 3.00. The molecule has 8 heteroatoms. The maximum atomic E-state index is 12.6. The molecule has 8 nitrogen and oxygen atoms in total. The number of rotatable bonds is 9. The third kappa shape index (κ3) is 6.81. The Bertz CT molecular complexity index is 890. The summed E-state index contributed by atoms with van der Waals surface area (Å²) in [6.45, 7) is 1.27. The third-order valence-electron chi connectivity index (χ3n) is 5.30. The summed E-state index contributed by atoms with van der Waals surface area (Å²) < 4.78 is 10.9. The van der Waals surface area contributed by atoms with Crippen molar-refractivity contribution in [3.05, 3.63) is 71.8 Å². The second-order valence-electron chi connectivity index (χ2n) is 7.55. The Morgan fingerprint density at radius 1 is 0.906 bits per heavy atom. The van der Waals surface area contributed by atoms with Gasteiger partial charge in [-0.15, -0.1) is 0 Å². The number of carboxylic acids is 1. The molecule has 0 aromatic heterocycles. The Morgan fingerprint density at radius 2 is 1.53 bits per heavy atom. The van der Waals surface area contributed by atoms with Crippen LogP contribution < -0.4 is 0 Å². The molecule has 0 aliphatic carbocycles. The van der Waals surface area contributed by atoms with Crippen molar-refractivity contribution >= 4 is 18.0 Å². The van der Waals surface area contributed by atoms with E-state index in [-0.39, 0.29) is 51.6 Å². The number of benzene rings is 2. The van der Waals surface area contributed by atoms with Crippen LogP contribution in [0.2, 0.25) is 0 Å². The van der Waals surface area contributed by atoms with Crippen LogP contribution in [-0.4, -0.2) is 65.2 Å². The van der Waals surface area contributed by atoms with Crippen molar-refractivity contribution < 1.29 is 29.0 Å². The zero-order valence-corrected chi connectivity index (χ0v) is 17.9. The quantitative estimate of drug-likeness (QED) is 0.603. The van der Waals surface area contributed by atoms with Gasteiger partial charge in [0.15, 0.2) is 0 Å². The van der Waals surface area contributed by atoms with Gasteiger partial charge in [0.05, 0.1) is 6.61 Å². The molecule has 1 saturated heterocycles. The molecule has 32 heavy (non-hydrogen) atoms. The molecule has 1 fully saturated rings. The molecule has 1 atom stereocenters. The van der Waals surface area contributed by atoms with E-state index in [4.69, 9.17) is 9.47 Å². The maximum absolute atomic E-state index is 12.6. The second kappa shape index (κ2) is 11.9. The van der Waals surface area contributed by atoms with Gasteiger partial charge in [-0.25, -0.2) is 9.59 Å². The number of hydrogen-bond acceptors (Lipinski definition) is 5. The molecule has 3 rings (SSSR count). The van der Waals surface area contributed by atoms with Gasteiger partial charge in [0.2, 0.25) is 5.91 Å². The monoisotopic (exact) mass is 440 g/mol. The van der Waals surface area contributed by atoms with E-state index >= 15 is 0 Å². The molecule has 1 heterocycles. The minimum Gasteiger partial charge on any atom is -0.480 e. The molecular formula is C24H28N2O6. The number of hydrogen-bond donors (Lipinski definition) is 1. The Hall–Kier alpha value is -3.39. The molecule has 0 saturated carbocycles. The van der Waals surface area contributed by atoms with Gasteiger partial charge in [-0.1, -0.05) is 60.7 Å². The summed E-state index contributed by atoms with van der Waals surface area (Å²) in [5.74, 6) is -1.37. The van der Waals surface area contributed by atoms with Crippen molar-refractivity contribution in [1.82, 2.24) is 9.80 Å². The normalized spacial score (nSPS) is 15.2. The Kier molecular flexibility index (Phi) is 8.62. The summed E-state index contributed by atoms with van der Waals surface area (Å²) >= 11 is 0. The fourth-order valence-corrected chi connectivity index (χ4v) is 3.53. The van der Waals surface area contributed by atoms with Crippen molar-refractivity contribution in [2.75, 3.05) is 26.2 Å². The molecule has 0 radical (unpaired) electrons. The van der Waals surface area contributed by atoms with Gasteiger partial charge < -0.3 is 24.4 Å². The number of aliphatic carboxylic acids is 1. The van der Waals surface area contributed by atoms with Gasteiger partial charge in [-0.05, 0) is 11.1 Å². The molecule has 1 aliphatic rings. The Balaban J connectivity index is 1.50. The molecule has 170 valence electrons. The first-order chi connectivity index (χ1) is 15.5. The van der Waals surface area contributed by atoms with E-state index < -0.39 is 18.1 Å². The smallest absolute Gasteiger partial charge is 0.410 e. The van der Waals surface area contributed by atoms with Crippen LogP contribution in [0.25, 0.3) is 0 Å². The Labute approximate surface area is 187 Å².